The Kier molecular flexibility index (Phi) is 10.2. The number of esters is 1. The first-order chi connectivity index (χ1) is 19.6. The van der Waals surface area contributed by atoms with Crippen molar-refractivity contribution in [3.63, 3.8) is 0 Å². The lowest BCUT2D eigenvalue weighted by atomic mass is 10.1. The molecule has 0 saturated heterocycles. The molecule has 0 aliphatic heterocycles. The summed E-state index contributed by atoms with van der Waals surface area (Å²) in [6, 6.07) is 11.3. The van der Waals surface area contributed by atoms with Crippen LogP contribution in [0.4, 0.5) is 19.0 Å². The third kappa shape index (κ3) is 8.42. The van der Waals surface area contributed by atoms with Crippen LogP contribution in [0.2, 0.25) is 5.02 Å². The highest BCUT2D eigenvalue weighted by molar-refractivity contribution is 6.32. The molecule has 218 valence electrons. The number of hydrogen-bond acceptors (Lipinski definition) is 8. The molecular weight excluding hydrogens is 561 g/mol. The van der Waals surface area contributed by atoms with Crippen LogP contribution in [0.5, 0.6) is 5.75 Å². The molecule has 0 fully saturated rings. The zero-order valence-electron chi connectivity index (χ0n) is 22.6. The smallest absolute Gasteiger partial charge is 0.465 e. The highest BCUT2D eigenvalue weighted by atomic mass is 35.5. The van der Waals surface area contributed by atoms with E-state index in [2.05, 4.69) is 20.4 Å². The molecule has 2 aromatic carbocycles. The van der Waals surface area contributed by atoms with Gasteiger partial charge >= 0.3 is 12.3 Å². The van der Waals surface area contributed by atoms with Crippen LogP contribution >= 0.6 is 11.6 Å². The molecule has 2 aromatic heterocycles. The average molecular weight is 591 g/mol. The quantitative estimate of drug-likeness (QED) is 0.103. The molecule has 0 radical (unpaired) electrons. The third-order valence-electron chi connectivity index (χ3n) is 6.21. The zero-order chi connectivity index (χ0) is 29.4. The van der Waals surface area contributed by atoms with E-state index in [4.69, 9.17) is 26.1 Å². The molecule has 0 unspecified atom stereocenters. The maximum absolute atomic E-state index is 12.4. The Bertz CT molecular complexity index is 1500. The van der Waals surface area contributed by atoms with Crippen LogP contribution in [0, 0.1) is 0 Å². The minimum absolute atomic E-state index is 0.0349. The van der Waals surface area contributed by atoms with Crippen molar-refractivity contribution in [2.45, 2.75) is 38.7 Å². The second-order valence-corrected chi connectivity index (χ2v) is 9.83. The number of halogens is 4. The van der Waals surface area contributed by atoms with E-state index in [0.29, 0.717) is 43.2 Å². The molecule has 0 spiro atoms. The highest BCUT2D eigenvalue weighted by Gasteiger charge is 2.32. The minimum Gasteiger partial charge on any atom is -0.465 e. The zero-order valence-corrected chi connectivity index (χ0v) is 23.3. The van der Waals surface area contributed by atoms with Gasteiger partial charge in [0.25, 0.3) is 0 Å². The Labute approximate surface area is 240 Å². The molecular formula is C29H30ClF3N4O4. The van der Waals surface area contributed by atoms with Gasteiger partial charge < -0.3 is 24.8 Å². The molecule has 1 atom stereocenters. The summed E-state index contributed by atoms with van der Waals surface area (Å²) in [6.45, 7) is 4.22. The maximum atomic E-state index is 12.4. The van der Waals surface area contributed by atoms with Gasteiger partial charge in [0, 0.05) is 47.7 Å². The minimum atomic E-state index is -4.78. The summed E-state index contributed by atoms with van der Waals surface area (Å²) in [6.07, 6.45) is 0.403. The van der Waals surface area contributed by atoms with E-state index >= 15 is 0 Å². The van der Waals surface area contributed by atoms with Gasteiger partial charge in [-0.25, -0.2) is 9.78 Å². The standard InChI is InChI=1S/C29H30ClF3N4O4/c1-18(17-40-12-4-3-10-34-15-19-5-8-26(24(30)13-19)41-29(31,32)33)36-27-22-9-11-35-16-23(22)21-7-6-20(28(38)39-2)14-25(21)37-27/h5-9,11,13-14,16,18,34H,3-4,10,12,15,17H2,1-2H3,(H,36,37)/t18-/m1/s1. The third-order valence-corrected chi connectivity index (χ3v) is 6.51. The fraction of sp³-hybridized carbons (Fsp3) is 0.345. The van der Waals surface area contributed by atoms with Crippen LogP contribution in [0.3, 0.4) is 0 Å². The maximum Gasteiger partial charge on any atom is 0.573 e. The molecule has 2 heterocycles. The topological polar surface area (TPSA) is 94.6 Å². The normalized spacial score (nSPS) is 12.4. The van der Waals surface area contributed by atoms with Crippen LogP contribution in [-0.2, 0) is 16.0 Å². The number of nitrogens with one attached hydrogen (secondary N) is 2. The highest BCUT2D eigenvalue weighted by Crippen LogP contribution is 2.31. The Balaban J connectivity index is 1.22. The number of hydrogen-bond donors (Lipinski definition) is 2. The van der Waals surface area contributed by atoms with E-state index in [9.17, 15) is 18.0 Å². The molecule has 4 aromatic rings. The number of aromatic nitrogens is 2. The molecule has 8 nitrogen and oxygen atoms in total. The average Bonchev–Trinajstić information content (AvgIpc) is 2.94. The molecule has 12 heteroatoms. The van der Waals surface area contributed by atoms with Gasteiger partial charge in [0.1, 0.15) is 11.6 Å². The number of rotatable bonds is 13. The van der Waals surface area contributed by atoms with Crippen molar-refractivity contribution in [3.05, 3.63) is 71.0 Å². The van der Waals surface area contributed by atoms with Gasteiger partial charge in [-0.3, -0.25) is 4.98 Å². The van der Waals surface area contributed by atoms with Crippen molar-refractivity contribution >= 4 is 45.1 Å². The largest absolute Gasteiger partial charge is 0.573 e. The predicted octanol–water partition coefficient (Wildman–Crippen LogP) is 6.51. The van der Waals surface area contributed by atoms with Crippen LogP contribution < -0.4 is 15.4 Å². The Morgan fingerprint density at radius 2 is 1.90 bits per heavy atom. The lowest BCUT2D eigenvalue weighted by molar-refractivity contribution is -0.274. The van der Waals surface area contributed by atoms with E-state index in [1.807, 2.05) is 19.1 Å². The van der Waals surface area contributed by atoms with Gasteiger partial charge in [0.15, 0.2) is 0 Å². The number of pyridine rings is 2. The van der Waals surface area contributed by atoms with E-state index in [1.165, 1.54) is 19.2 Å². The lowest BCUT2D eigenvalue weighted by Gasteiger charge is -2.17. The summed E-state index contributed by atoms with van der Waals surface area (Å²) < 4.78 is 51.7. The van der Waals surface area contributed by atoms with Gasteiger partial charge in [-0.15, -0.1) is 13.2 Å². The SMILES string of the molecule is COC(=O)c1ccc2c(c1)nc(N[C@H](C)COCCCCNCc1ccc(OC(F)(F)F)c(Cl)c1)c1ccncc12. The molecule has 0 aliphatic carbocycles. The number of nitrogens with zero attached hydrogens (tertiary/aromatic N) is 2. The second kappa shape index (κ2) is 13.8. The summed E-state index contributed by atoms with van der Waals surface area (Å²) in [4.78, 5) is 21.0. The van der Waals surface area contributed by atoms with Crippen molar-refractivity contribution in [3.8, 4) is 5.75 Å². The molecule has 4 rings (SSSR count). The number of fused-ring (bicyclic) bond motifs is 3. The van der Waals surface area contributed by atoms with Crippen molar-refractivity contribution in [1.82, 2.24) is 15.3 Å². The van der Waals surface area contributed by atoms with Crippen molar-refractivity contribution in [1.29, 1.82) is 0 Å². The number of alkyl halides is 3. The monoisotopic (exact) mass is 590 g/mol. The van der Waals surface area contributed by atoms with Gasteiger partial charge in [0.05, 0.1) is 29.8 Å². The van der Waals surface area contributed by atoms with Crippen molar-refractivity contribution in [2.75, 3.05) is 32.2 Å². The number of carbonyl (C=O) groups is 1. The van der Waals surface area contributed by atoms with Crippen molar-refractivity contribution < 1.29 is 32.2 Å². The van der Waals surface area contributed by atoms with Crippen LogP contribution in [0.15, 0.2) is 54.9 Å². The Hall–Kier alpha value is -3.67. The molecule has 2 N–H and O–H groups in total. The number of benzene rings is 2. The summed E-state index contributed by atoms with van der Waals surface area (Å²) >= 11 is 5.89. The van der Waals surface area contributed by atoms with Gasteiger partial charge in [-0.1, -0.05) is 23.7 Å². The van der Waals surface area contributed by atoms with Gasteiger partial charge in [0.2, 0.25) is 0 Å². The number of anilines is 1. The fourth-order valence-electron chi connectivity index (χ4n) is 4.29. The molecule has 0 amide bonds. The summed E-state index contributed by atoms with van der Waals surface area (Å²) in [5.74, 6) is -0.169. The van der Waals surface area contributed by atoms with Crippen LogP contribution in [-0.4, -0.2) is 55.2 Å². The summed E-state index contributed by atoms with van der Waals surface area (Å²) in [5, 5.41) is 9.29. The lowest BCUT2D eigenvalue weighted by Crippen LogP contribution is -2.23. The Morgan fingerprint density at radius 3 is 2.66 bits per heavy atom. The molecule has 0 aliphatic rings. The fourth-order valence-corrected chi connectivity index (χ4v) is 4.53. The van der Waals surface area contributed by atoms with Crippen LogP contribution in [0.25, 0.3) is 21.7 Å². The predicted molar refractivity (Wildman–Crippen MR) is 151 cm³/mol. The Morgan fingerprint density at radius 1 is 1.07 bits per heavy atom. The molecule has 41 heavy (non-hydrogen) atoms. The number of carbonyl (C=O) groups excluding carboxylic acids is 1. The first-order valence-corrected chi connectivity index (χ1v) is 13.4. The van der Waals surface area contributed by atoms with E-state index < -0.39 is 18.1 Å². The van der Waals surface area contributed by atoms with Gasteiger partial charge in [-0.05, 0) is 62.2 Å². The summed E-state index contributed by atoms with van der Waals surface area (Å²) in [7, 11) is 1.34. The number of methoxy groups -OCH3 is 1. The summed E-state index contributed by atoms with van der Waals surface area (Å²) in [5.41, 5.74) is 1.84. The molecule has 0 bridgehead atoms. The van der Waals surface area contributed by atoms with Crippen molar-refractivity contribution in [2.24, 2.45) is 0 Å². The number of ether oxygens (including phenoxy) is 3. The second-order valence-electron chi connectivity index (χ2n) is 9.42. The van der Waals surface area contributed by atoms with Crippen LogP contribution in [0.1, 0.15) is 35.7 Å². The number of unbranched alkanes of at least 4 members (excludes halogenated alkanes) is 1. The first-order valence-electron chi connectivity index (χ1n) is 13.0. The van der Waals surface area contributed by atoms with Gasteiger partial charge in [-0.2, -0.15) is 0 Å². The van der Waals surface area contributed by atoms with E-state index in [0.717, 1.165) is 34.6 Å². The first kappa shape index (κ1) is 30.3. The van der Waals surface area contributed by atoms with E-state index in [1.54, 1.807) is 30.6 Å². The molecule has 0 saturated carbocycles. The van der Waals surface area contributed by atoms with E-state index in [-0.39, 0.29) is 11.1 Å².